The average molecular weight is 350 g/mol. The summed E-state index contributed by atoms with van der Waals surface area (Å²) < 4.78 is 1.59. The molecular formula is C20H18N2O4. The number of aliphatic carboxylic acids is 1. The summed E-state index contributed by atoms with van der Waals surface area (Å²) in [6.07, 6.45) is 0.405. The second kappa shape index (κ2) is 6.31. The number of para-hydroxylation sites is 1. The molecule has 0 saturated heterocycles. The first kappa shape index (κ1) is 16.4. The lowest BCUT2D eigenvalue weighted by Crippen LogP contribution is -2.29. The fourth-order valence-corrected chi connectivity index (χ4v) is 3.76. The smallest absolute Gasteiger partial charge is 0.353 e. The Hall–Kier alpha value is -3.12. The van der Waals surface area contributed by atoms with E-state index in [-0.39, 0.29) is 12.5 Å². The van der Waals surface area contributed by atoms with Gasteiger partial charge in [-0.3, -0.25) is 14.2 Å². The number of fused-ring (bicyclic) bond motifs is 3. The number of hydroxylamine groups is 2. The highest BCUT2D eigenvalue weighted by Crippen LogP contribution is 2.41. The van der Waals surface area contributed by atoms with Crippen LogP contribution in [-0.4, -0.2) is 33.8 Å². The van der Waals surface area contributed by atoms with Crippen molar-refractivity contribution in [1.82, 2.24) is 9.63 Å². The monoisotopic (exact) mass is 350 g/mol. The minimum Gasteiger partial charge on any atom is -0.481 e. The second-order valence-electron chi connectivity index (χ2n) is 6.28. The Labute approximate surface area is 150 Å². The Morgan fingerprint density at radius 3 is 2.50 bits per heavy atom. The van der Waals surface area contributed by atoms with Crippen LogP contribution in [0.15, 0.2) is 54.6 Å². The van der Waals surface area contributed by atoms with Gasteiger partial charge in [0, 0.05) is 5.39 Å². The molecule has 4 rings (SSSR count). The van der Waals surface area contributed by atoms with E-state index in [0.717, 1.165) is 27.1 Å². The highest BCUT2D eigenvalue weighted by molar-refractivity contribution is 5.98. The van der Waals surface area contributed by atoms with E-state index >= 15 is 0 Å². The number of carbonyl (C=O) groups excluding carboxylic acids is 1. The maximum Gasteiger partial charge on any atom is 0.353 e. The van der Waals surface area contributed by atoms with Crippen LogP contribution in [-0.2, 0) is 16.1 Å². The van der Waals surface area contributed by atoms with E-state index in [1.807, 2.05) is 54.6 Å². The van der Waals surface area contributed by atoms with Crippen molar-refractivity contribution in [3.63, 3.8) is 0 Å². The third-order valence-corrected chi connectivity index (χ3v) is 4.79. The van der Waals surface area contributed by atoms with Gasteiger partial charge >= 0.3 is 12.0 Å². The predicted octanol–water partition coefficient (Wildman–Crippen LogP) is 3.59. The minimum absolute atomic E-state index is 0.211. The van der Waals surface area contributed by atoms with Crippen molar-refractivity contribution >= 4 is 22.9 Å². The molecule has 6 nitrogen and oxygen atoms in total. The molecule has 1 N–H and O–H groups in total. The van der Waals surface area contributed by atoms with Gasteiger partial charge in [-0.25, -0.2) is 4.79 Å². The van der Waals surface area contributed by atoms with Gasteiger partial charge < -0.3 is 5.11 Å². The van der Waals surface area contributed by atoms with Gasteiger partial charge in [-0.05, 0) is 23.6 Å². The van der Waals surface area contributed by atoms with Crippen LogP contribution in [0.4, 0.5) is 4.79 Å². The van der Waals surface area contributed by atoms with Crippen molar-refractivity contribution in [1.29, 1.82) is 0 Å². The molecule has 0 fully saturated rings. The number of rotatable bonds is 5. The van der Waals surface area contributed by atoms with Gasteiger partial charge in [0.25, 0.3) is 0 Å². The van der Waals surface area contributed by atoms with Crippen LogP contribution in [0.25, 0.3) is 10.9 Å². The molecule has 0 radical (unpaired) electrons. The zero-order chi connectivity index (χ0) is 18.3. The van der Waals surface area contributed by atoms with E-state index in [1.54, 1.807) is 4.57 Å². The van der Waals surface area contributed by atoms with Crippen LogP contribution in [0.2, 0.25) is 0 Å². The molecule has 0 saturated carbocycles. The van der Waals surface area contributed by atoms with E-state index in [9.17, 15) is 14.7 Å². The fraction of sp³-hybridized carbons (Fsp3) is 0.200. The Morgan fingerprint density at radius 2 is 1.81 bits per heavy atom. The zero-order valence-electron chi connectivity index (χ0n) is 14.3. The highest BCUT2D eigenvalue weighted by Gasteiger charge is 2.42. The van der Waals surface area contributed by atoms with Crippen LogP contribution in [0.1, 0.15) is 29.3 Å². The molecule has 1 atom stereocenters. The van der Waals surface area contributed by atoms with Crippen molar-refractivity contribution in [3.8, 4) is 0 Å². The zero-order valence-corrected chi connectivity index (χ0v) is 14.3. The summed E-state index contributed by atoms with van der Waals surface area (Å²) in [6, 6.07) is 16.6. The largest absolute Gasteiger partial charge is 0.481 e. The third-order valence-electron chi connectivity index (χ3n) is 4.79. The summed E-state index contributed by atoms with van der Waals surface area (Å²) in [6.45, 7) is 0. The Balaban J connectivity index is 1.95. The first-order valence-corrected chi connectivity index (χ1v) is 8.37. The number of hydrogen-bond acceptors (Lipinski definition) is 3. The molecule has 0 aliphatic carbocycles. The lowest BCUT2D eigenvalue weighted by atomic mass is 9.98. The molecule has 132 valence electrons. The van der Waals surface area contributed by atoms with E-state index in [2.05, 4.69) is 0 Å². The molecular weight excluding hydrogens is 332 g/mol. The molecule has 26 heavy (non-hydrogen) atoms. The Kier molecular flexibility index (Phi) is 3.97. The van der Waals surface area contributed by atoms with Gasteiger partial charge in [0.2, 0.25) is 0 Å². The van der Waals surface area contributed by atoms with Crippen molar-refractivity contribution < 1.29 is 19.5 Å². The van der Waals surface area contributed by atoms with Crippen molar-refractivity contribution in [2.24, 2.45) is 0 Å². The Morgan fingerprint density at radius 1 is 1.12 bits per heavy atom. The van der Waals surface area contributed by atoms with Crippen LogP contribution in [0.3, 0.4) is 0 Å². The number of carboxylic acid groups (broad SMARTS) is 1. The van der Waals surface area contributed by atoms with Gasteiger partial charge in [0.05, 0.1) is 24.7 Å². The molecule has 1 aliphatic heterocycles. The minimum atomic E-state index is -0.978. The maximum atomic E-state index is 12.9. The molecule has 1 unspecified atom stereocenters. The van der Waals surface area contributed by atoms with Gasteiger partial charge in [0.1, 0.15) is 6.04 Å². The SMILES string of the molecule is CON1C(=O)n2c(c(Cc3ccccc3)c3ccccc32)C1CC(=O)O. The number of nitrogens with zero attached hydrogens (tertiary/aromatic N) is 2. The standard InChI is InChI=1S/C20H18N2O4/c1-26-22-17(12-18(23)24)19-15(11-13-7-3-2-4-8-13)14-9-5-6-10-16(14)21(19)20(22)25/h2-10,17H,11-12H2,1H3,(H,23,24). The molecule has 2 aromatic carbocycles. The van der Waals surface area contributed by atoms with Gasteiger partial charge in [-0.2, -0.15) is 5.06 Å². The van der Waals surface area contributed by atoms with Crippen LogP contribution >= 0.6 is 0 Å². The summed E-state index contributed by atoms with van der Waals surface area (Å²) in [5.41, 5.74) is 3.53. The molecule has 0 spiro atoms. The van der Waals surface area contributed by atoms with E-state index < -0.39 is 12.0 Å². The van der Waals surface area contributed by atoms with Crippen molar-refractivity contribution in [3.05, 3.63) is 71.4 Å². The molecule has 1 aromatic heterocycles. The lowest BCUT2D eigenvalue weighted by Gasteiger charge is -2.20. The van der Waals surface area contributed by atoms with Crippen LogP contribution < -0.4 is 0 Å². The number of hydrogen-bond donors (Lipinski definition) is 1. The molecule has 1 amide bonds. The molecule has 6 heteroatoms. The first-order valence-electron chi connectivity index (χ1n) is 8.37. The topological polar surface area (TPSA) is 71.8 Å². The molecule has 1 aliphatic rings. The van der Waals surface area contributed by atoms with E-state index in [1.165, 1.54) is 7.11 Å². The summed E-state index contributed by atoms with van der Waals surface area (Å²) in [4.78, 5) is 29.5. The second-order valence-corrected chi connectivity index (χ2v) is 6.28. The molecule has 2 heterocycles. The number of aromatic nitrogens is 1. The summed E-state index contributed by atoms with van der Waals surface area (Å²) in [5, 5.41) is 11.5. The number of benzene rings is 2. The number of amides is 1. The van der Waals surface area contributed by atoms with Gasteiger partial charge in [-0.1, -0.05) is 48.5 Å². The number of carboxylic acids is 1. The molecule has 3 aromatic rings. The summed E-state index contributed by atoms with van der Waals surface area (Å²) >= 11 is 0. The summed E-state index contributed by atoms with van der Waals surface area (Å²) in [5.74, 6) is -0.978. The van der Waals surface area contributed by atoms with Gasteiger partial charge in [0.15, 0.2) is 0 Å². The van der Waals surface area contributed by atoms with E-state index in [4.69, 9.17) is 4.84 Å². The Bertz CT molecular complexity index is 994. The predicted molar refractivity (Wildman–Crippen MR) is 95.8 cm³/mol. The number of carbonyl (C=O) groups is 2. The fourth-order valence-electron chi connectivity index (χ4n) is 3.76. The van der Waals surface area contributed by atoms with Crippen molar-refractivity contribution in [2.75, 3.05) is 7.11 Å². The third kappa shape index (κ3) is 2.46. The van der Waals surface area contributed by atoms with Crippen LogP contribution in [0.5, 0.6) is 0 Å². The average Bonchev–Trinajstić information content (AvgIpc) is 3.09. The lowest BCUT2D eigenvalue weighted by molar-refractivity contribution is -0.146. The van der Waals surface area contributed by atoms with Crippen LogP contribution in [0, 0.1) is 0 Å². The quantitative estimate of drug-likeness (QED) is 0.763. The normalized spacial score (nSPS) is 16.3. The van der Waals surface area contributed by atoms with Gasteiger partial charge in [-0.15, -0.1) is 0 Å². The first-order chi connectivity index (χ1) is 12.6. The van der Waals surface area contributed by atoms with Crippen molar-refractivity contribution in [2.45, 2.75) is 18.9 Å². The molecule has 0 bridgehead atoms. The maximum absolute atomic E-state index is 12.9. The van der Waals surface area contributed by atoms with E-state index in [0.29, 0.717) is 12.1 Å². The summed E-state index contributed by atoms with van der Waals surface area (Å²) in [7, 11) is 1.39. The highest BCUT2D eigenvalue weighted by atomic mass is 16.7.